The zero-order chi connectivity index (χ0) is 17.0. The number of hydrogen-bond donors (Lipinski definition) is 1. The molecule has 1 aromatic carbocycles. The predicted molar refractivity (Wildman–Crippen MR) is 87.0 cm³/mol. The van der Waals surface area contributed by atoms with Crippen LogP contribution in [-0.4, -0.2) is 25.2 Å². The Hall–Kier alpha value is -2.30. The van der Waals surface area contributed by atoms with Crippen molar-refractivity contribution in [1.29, 1.82) is 0 Å². The van der Waals surface area contributed by atoms with E-state index in [4.69, 9.17) is 9.47 Å². The predicted octanol–water partition coefficient (Wildman–Crippen LogP) is 3.48. The minimum atomic E-state index is -0.583. The van der Waals surface area contributed by atoms with Gasteiger partial charge in [-0.3, -0.25) is 0 Å². The number of ether oxygens (including phenoxy) is 2. The van der Waals surface area contributed by atoms with Crippen molar-refractivity contribution in [3.05, 3.63) is 42.0 Å². The van der Waals surface area contributed by atoms with Gasteiger partial charge >= 0.3 is 12.1 Å². The lowest BCUT2D eigenvalue weighted by Gasteiger charge is -2.07. The highest BCUT2D eigenvalue weighted by Crippen LogP contribution is 2.12. The molecule has 0 aromatic heterocycles. The van der Waals surface area contributed by atoms with Crippen LogP contribution >= 0.6 is 0 Å². The van der Waals surface area contributed by atoms with E-state index in [1.807, 2.05) is 26.0 Å². The molecular formula is C17H25NO4. The van der Waals surface area contributed by atoms with Gasteiger partial charge in [-0.05, 0) is 31.0 Å². The van der Waals surface area contributed by atoms with Crippen LogP contribution in [0.1, 0.15) is 33.3 Å². The van der Waals surface area contributed by atoms with Crippen LogP contribution in [0.25, 0.3) is 0 Å². The molecule has 1 aromatic rings. The average molecular weight is 307 g/mol. The third-order valence-corrected chi connectivity index (χ3v) is 2.50. The first-order chi connectivity index (χ1) is 10.5. The number of carbonyl (C=O) groups excluding carboxylic acids is 2. The summed E-state index contributed by atoms with van der Waals surface area (Å²) in [6, 6.07) is 7.27. The summed E-state index contributed by atoms with van der Waals surface area (Å²) in [5, 5.41) is 2.49. The van der Waals surface area contributed by atoms with Crippen molar-refractivity contribution < 1.29 is 19.1 Å². The second-order valence-electron chi connectivity index (χ2n) is 4.23. The van der Waals surface area contributed by atoms with Crippen molar-refractivity contribution in [3.8, 4) is 5.75 Å². The van der Waals surface area contributed by atoms with E-state index >= 15 is 0 Å². The molecule has 0 spiro atoms. The van der Waals surface area contributed by atoms with E-state index in [2.05, 4.69) is 18.8 Å². The normalized spacial score (nSPS) is 9.09. The van der Waals surface area contributed by atoms with Crippen LogP contribution in [0.2, 0.25) is 0 Å². The Kier molecular flexibility index (Phi) is 10.2. The fourth-order valence-electron chi connectivity index (χ4n) is 1.36. The van der Waals surface area contributed by atoms with Gasteiger partial charge in [-0.25, -0.2) is 9.59 Å². The zero-order valence-corrected chi connectivity index (χ0v) is 13.8. The number of nitrogens with one attached hydrogen (secondary N) is 1. The first-order valence-corrected chi connectivity index (χ1v) is 7.40. The van der Waals surface area contributed by atoms with Gasteiger partial charge in [-0.15, -0.1) is 0 Å². The van der Waals surface area contributed by atoms with Gasteiger partial charge in [0.05, 0.1) is 6.54 Å². The van der Waals surface area contributed by atoms with E-state index in [0.29, 0.717) is 11.3 Å². The number of esters is 1. The number of hydrogen-bond acceptors (Lipinski definition) is 4. The fraction of sp³-hybridized carbons (Fsp3) is 0.412. The van der Waals surface area contributed by atoms with E-state index < -0.39 is 12.1 Å². The minimum Gasteiger partial charge on any atom is -0.460 e. The van der Waals surface area contributed by atoms with Gasteiger partial charge in [-0.2, -0.15) is 0 Å². The van der Waals surface area contributed by atoms with Crippen molar-refractivity contribution in [3.63, 3.8) is 0 Å². The molecule has 0 bridgehead atoms. The van der Waals surface area contributed by atoms with Crippen molar-refractivity contribution in [2.24, 2.45) is 0 Å². The molecule has 5 heteroatoms. The lowest BCUT2D eigenvalue weighted by atomic mass is 10.2. The van der Waals surface area contributed by atoms with Crippen LogP contribution in [-0.2, 0) is 16.0 Å². The minimum absolute atomic E-state index is 0.0789. The van der Waals surface area contributed by atoms with Crippen LogP contribution < -0.4 is 10.1 Å². The van der Waals surface area contributed by atoms with Crippen molar-refractivity contribution in [1.82, 2.24) is 5.32 Å². The number of benzene rings is 1. The Bertz CT molecular complexity index is 480. The number of aryl methyl sites for hydroxylation is 1. The van der Waals surface area contributed by atoms with Gasteiger partial charge in [0.2, 0.25) is 0 Å². The Balaban J connectivity index is 0.00000211. The van der Waals surface area contributed by atoms with Crippen molar-refractivity contribution in [2.75, 3.05) is 13.2 Å². The average Bonchev–Trinajstić information content (AvgIpc) is 2.54. The smallest absolute Gasteiger partial charge is 0.412 e. The maximum Gasteiger partial charge on any atom is 0.412 e. The van der Waals surface area contributed by atoms with E-state index in [-0.39, 0.29) is 13.2 Å². The summed E-state index contributed by atoms with van der Waals surface area (Å²) in [6.07, 6.45) is 0.348. The molecule has 122 valence electrons. The van der Waals surface area contributed by atoms with E-state index in [1.165, 1.54) is 5.56 Å². The standard InChI is InChI=1S/C15H19NO4.C2H6/c1-4-12-5-7-13(8-6-12)20-15(18)16-9-10-19-14(17)11(2)3;1-2/h5-8H,2,4,9-10H2,1,3H3,(H,16,18);1-2H3. The van der Waals surface area contributed by atoms with Crippen LogP contribution in [0, 0.1) is 0 Å². The van der Waals surface area contributed by atoms with Crippen molar-refractivity contribution >= 4 is 12.1 Å². The number of amides is 1. The topological polar surface area (TPSA) is 64.6 Å². The molecule has 0 saturated heterocycles. The van der Waals surface area contributed by atoms with Gasteiger partial charge in [0.1, 0.15) is 12.4 Å². The summed E-state index contributed by atoms with van der Waals surface area (Å²) < 4.78 is 9.89. The lowest BCUT2D eigenvalue weighted by molar-refractivity contribution is -0.138. The molecule has 0 aliphatic carbocycles. The van der Waals surface area contributed by atoms with Crippen LogP contribution in [0.15, 0.2) is 36.4 Å². The van der Waals surface area contributed by atoms with E-state index in [0.717, 1.165) is 6.42 Å². The molecule has 0 heterocycles. The summed E-state index contributed by atoms with van der Waals surface area (Å²) in [5.74, 6) is -0.00560. The Morgan fingerprint density at radius 3 is 2.27 bits per heavy atom. The quantitative estimate of drug-likeness (QED) is 0.496. The Morgan fingerprint density at radius 1 is 1.18 bits per heavy atom. The summed E-state index contributed by atoms with van der Waals surface area (Å²) in [4.78, 5) is 22.5. The molecule has 1 amide bonds. The van der Waals surface area contributed by atoms with E-state index in [9.17, 15) is 9.59 Å². The van der Waals surface area contributed by atoms with Gasteiger partial charge in [-0.1, -0.05) is 39.5 Å². The molecule has 22 heavy (non-hydrogen) atoms. The second-order valence-corrected chi connectivity index (χ2v) is 4.23. The number of carbonyl (C=O) groups is 2. The van der Waals surface area contributed by atoms with Gasteiger partial charge in [0, 0.05) is 5.57 Å². The summed E-state index contributed by atoms with van der Waals surface area (Å²) >= 11 is 0. The first kappa shape index (κ1) is 19.7. The molecule has 0 atom stereocenters. The third-order valence-electron chi connectivity index (χ3n) is 2.50. The molecule has 0 fully saturated rings. The largest absolute Gasteiger partial charge is 0.460 e. The molecule has 5 nitrogen and oxygen atoms in total. The SMILES string of the molecule is C=C(C)C(=O)OCCNC(=O)Oc1ccc(CC)cc1.CC. The molecular weight excluding hydrogens is 282 g/mol. The molecule has 0 radical (unpaired) electrons. The first-order valence-electron chi connectivity index (χ1n) is 7.40. The lowest BCUT2D eigenvalue weighted by Crippen LogP contribution is -2.30. The maximum atomic E-state index is 11.5. The molecule has 0 aliphatic heterocycles. The van der Waals surface area contributed by atoms with E-state index in [1.54, 1.807) is 19.1 Å². The third kappa shape index (κ3) is 8.09. The van der Waals surface area contributed by atoms with Crippen LogP contribution in [0.4, 0.5) is 4.79 Å². The summed E-state index contributed by atoms with van der Waals surface area (Å²) in [5.41, 5.74) is 1.49. The Morgan fingerprint density at radius 2 is 1.77 bits per heavy atom. The molecule has 0 saturated carbocycles. The fourth-order valence-corrected chi connectivity index (χ4v) is 1.36. The molecule has 1 N–H and O–H groups in total. The van der Waals surface area contributed by atoms with Crippen LogP contribution in [0.3, 0.4) is 0 Å². The summed E-state index contributed by atoms with van der Waals surface area (Å²) in [6.45, 7) is 11.3. The van der Waals surface area contributed by atoms with Gasteiger partial charge in [0.25, 0.3) is 0 Å². The second kappa shape index (κ2) is 11.4. The highest BCUT2D eigenvalue weighted by Gasteiger charge is 2.05. The highest BCUT2D eigenvalue weighted by atomic mass is 16.6. The molecule has 0 unspecified atom stereocenters. The molecule has 0 aliphatic rings. The number of rotatable bonds is 6. The molecule has 1 rings (SSSR count). The van der Waals surface area contributed by atoms with Gasteiger partial charge in [0.15, 0.2) is 0 Å². The van der Waals surface area contributed by atoms with Crippen LogP contribution in [0.5, 0.6) is 5.75 Å². The van der Waals surface area contributed by atoms with Gasteiger partial charge < -0.3 is 14.8 Å². The zero-order valence-electron chi connectivity index (χ0n) is 13.8. The van der Waals surface area contributed by atoms with Crippen molar-refractivity contribution in [2.45, 2.75) is 34.1 Å². The monoisotopic (exact) mass is 307 g/mol. The highest BCUT2D eigenvalue weighted by molar-refractivity contribution is 5.86. The Labute approximate surface area is 132 Å². The summed E-state index contributed by atoms with van der Waals surface area (Å²) in [7, 11) is 0. The maximum absolute atomic E-state index is 11.5.